The molecule has 0 aliphatic carbocycles. The second-order valence-electron chi connectivity index (χ2n) is 5.90. The van der Waals surface area contributed by atoms with E-state index in [1.807, 2.05) is 0 Å². The molecule has 1 fully saturated rings. The molecule has 7 nitrogen and oxygen atoms in total. The zero-order valence-corrected chi connectivity index (χ0v) is 17.1. The van der Waals surface area contributed by atoms with Crippen molar-refractivity contribution in [2.45, 2.75) is 6.92 Å². The second kappa shape index (κ2) is 8.44. The first-order valence-electron chi connectivity index (χ1n) is 8.53. The summed E-state index contributed by atoms with van der Waals surface area (Å²) in [6.07, 6.45) is 1.32. The Bertz CT molecular complexity index is 1040. The van der Waals surface area contributed by atoms with Gasteiger partial charge in [-0.3, -0.25) is 14.9 Å². The third-order valence-electron chi connectivity index (χ3n) is 4.05. The fourth-order valence-electron chi connectivity index (χ4n) is 2.75. The summed E-state index contributed by atoms with van der Waals surface area (Å²) in [6.45, 7) is 2.19. The number of halogens is 2. The fourth-order valence-corrected chi connectivity index (χ4v) is 3.19. The van der Waals surface area contributed by atoms with E-state index in [1.165, 1.54) is 31.4 Å². The van der Waals surface area contributed by atoms with Crippen molar-refractivity contribution >= 4 is 45.5 Å². The molecule has 0 bridgehead atoms. The molecule has 1 saturated heterocycles. The summed E-state index contributed by atoms with van der Waals surface area (Å²) in [5.74, 6) is -1.45. The van der Waals surface area contributed by atoms with Crippen LogP contribution in [-0.2, 0) is 9.59 Å². The highest BCUT2D eigenvalue weighted by Gasteiger charge is 2.37. The molecule has 0 atom stereocenters. The smallest absolute Gasteiger partial charge is 0.335 e. The first-order chi connectivity index (χ1) is 13.8. The summed E-state index contributed by atoms with van der Waals surface area (Å²) in [7, 11) is 1.49. The van der Waals surface area contributed by atoms with Crippen molar-refractivity contribution in [3.8, 4) is 11.5 Å². The van der Waals surface area contributed by atoms with Crippen LogP contribution in [-0.4, -0.2) is 31.6 Å². The van der Waals surface area contributed by atoms with Crippen LogP contribution in [0.5, 0.6) is 11.5 Å². The van der Waals surface area contributed by atoms with Gasteiger partial charge in [0.2, 0.25) is 0 Å². The van der Waals surface area contributed by atoms with Gasteiger partial charge in [-0.2, -0.15) is 0 Å². The Hall–Kier alpha value is -3.20. The van der Waals surface area contributed by atoms with Crippen LogP contribution in [0.25, 0.3) is 6.08 Å². The molecule has 0 saturated carbocycles. The Morgan fingerprint density at radius 3 is 2.59 bits per heavy atom. The van der Waals surface area contributed by atoms with Gasteiger partial charge in [-0.25, -0.2) is 14.1 Å². The number of benzene rings is 2. The molecule has 1 aliphatic rings. The number of barbiturate groups is 1. The van der Waals surface area contributed by atoms with Gasteiger partial charge in [0.15, 0.2) is 11.5 Å². The second-order valence-corrected chi connectivity index (χ2v) is 6.75. The predicted molar refractivity (Wildman–Crippen MR) is 107 cm³/mol. The number of amides is 4. The van der Waals surface area contributed by atoms with E-state index in [9.17, 15) is 18.8 Å². The van der Waals surface area contributed by atoms with Crippen LogP contribution in [0.2, 0.25) is 0 Å². The van der Waals surface area contributed by atoms with Gasteiger partial charge in [0.1, 0.15) is 11.4 Å². The van der Waals surface area contributed by atoms with Gasteiger partial charge in [0.05, 0.1) is 19.4 Å². The number of urea groups is 1. The Kier molecular flexibility index (Phi) is 5.97. The summed E-state index contributed by atoms with van der Waals surface area (Å²) in [5.41, 5.74) is 0.179. The van der Waals surface area contributed by atoms with Gasteiger partial charge in [-0.05, 0) is 48.9 Å². The summed E-state index contributed by atoms with van der Waals surface area (Å²) in [4.78, 5) is 38.1. The molecule has 2 aromatic rings. The first-order valence-corrected chi connectivity index (χ1v) is 9.32. The monoisotopic (exact) mass is 462 g/mol. The van der Waals surface area contributed by atoms with Crippen molar-refractivity contribution < 1.29 is 28.2 Å². The van der Waals surface area contributed by atoms with Crippen molar-refractivity contribution in [2.24, 2.45) is 0 Å². The summed E-state index contributed by atoms with van der Waals surface area (Å²) >= 11 is 3.37. The van der Waals surface area contributed by atoms with Gasteiger partial charge in [-0.15, -0.1) is 0 Å². The first kappa shape index (κ1) is 20.5. The Morgan fingerprint density at radius 1 is 1.17 bits per heavy atom. The van der Waals surface area contributed by atoms with E-state index in [-0.39, 0.29) is 11.3 Å². The Morgan fingerprint density at radius 2 is 1.93 bits per heavy atom. The number of nitrogens with one attached hydrogen (secondary N) is 1. The topological polar surface area (TPSA) is 84.9 Å². The van der Waals surface area contributed by atoms with E-state index in [2.05, 4.69) is 21.2 Å². The number of carbonyl (C=O) groups is 3. The molecule has 4 amide bonds. The molecule has 0 unspecified atom stereocenters. The van der Waals surface area contributed by atoms with Crippen molar-refractivity contribution in [1.29, 1.82) is 0 Å². The molecule has 150 valence electrons. The Labute approximate surface area is 174 Å². The fraction of sp³-hybridized carbons (Fsp3) is 0.150. The summed E-state index contributed by atoms with van der Waals surface area (Å²) in [5, 5.41) is 2.10. The molecule has 1 heterocycles. The van der Waals surface area contributed by atoms with Gasteiger partial charge < -0.3 is 9.47 Å². The highest BCUT2D eigenvalue weighted by atomic mass is 79.9. The average molecular weight is 463 g/mol. The number of hydrogen-bond donors (Lipinski definition) is 1. The van der Waals surface area contributed by atoms with Crippen LogP contribution in [0.1, 0.15) is 12.5 Å². The number of nitrogens with zero attached hydrogens (tertiary/aromatic N) is 1. The standard InChI is InChI=1S/C20H16BrFN2O5/c1-3-29-17-8-11(15(21)10-16(17)28-2)7-14-18(25)23-20(27)24(19(14)26)13-6-4-5-12(22)9-13/h4-10H,3H2,1-2H3,(H,23,25,27)/b14-7+. The highest BCUT2D eigenvalue weighted by Crippen LogP contribution is 2.35. The van der Waals surface area contributed by atoms with Crippen LogP contribution < -0.4 is 19.7 Å². The maximum absolute atomic E-state index is 13.6. The van der Waals surface area contributed by atoms with Crippen LogP contribution in [0.3, 0.4) is 0 Å². The summed E-state index contributed by atoms with van der Waals surface area (Å²) < 4.78 is 24.9. The van der Waals surface area contributed by atoms with Gasteiger partial charge in [-0.1, -0.05) is 22.0 Å². The quantitative estimate of drug-likeness (QED) is 0.541. The number of rotatable bonds is 5. The Balaban J connectivity index is 2.06. The molecule has 0 spiro atoms. The van der Waals surface area contributed by atoms with E-state index in [0.717, 1.165) is 6.07 Å². The lowest BCUT2D eigenvalue weighted by atomic mass is 10.1. The lowest BCUT2D eigenvalue weighted by molar-refractivity contribution is -0.122. The highest BCUT2D eigenvalue weighted by molar-refractivity contribution is 9.10. The molecular formula is C20H16BrFN2O5. The van der Waals surface area contributed by atoms with Gasteiger partial charge >= 0.3 is 6.03 Å². The number of ether oxygens (including phenoxy) is 2. The molecule has 3 rings (SSSR count). The van der Waals surface area contributed by atoms with E-state index in [0.29, 0.717) is 33.0 Å². The molecule has 2 aromatic carbocycles. The van der Waals surface area contributed by atoms with Crippen molar-refractivity contribution in [3.05, 3.63) is 57.8 Å². The third-order valence-corrected chi connectivity index (χ3v) is 4.74. The lowest BCUT2D eigenvalue weighted by Gasteiger charge is -2.26. The van der Waals surface area contributed by atoms with Gasteiger partial charge in [0, 0.05) is 4.47 Å². The molecule has 0 aromatic heterocycles. The number of hydrogen-bond acceptors (Lipinski definition) is 5. The van der Waals surface area contributed by atoms with Crippen LogP contribution >= 0.6 is 15.9 Å². The average Bonchev–Trinajstić information content (AvgIpc) is 2.67. The van der Waals surface area contributed by atoms with Crippen LogP contribution in [0.4, 0.5) is 14.9 Å². The SMILES string of the molecule is CCOc1cc(/C=C2\C(=O)NC(=O)N(c3cccc(F)c3)C2=O)c(Br)cc1OC. The zero-order valence-electron chi connectivity index (χ0n) is 15.5. The number of methoxy groups -OCH3 is 1. The maximum Gasteiger partial charge on any atom is 0.335 e. The predicted octanol–water partition coefficient (Wildman–Crippen LogP) is 3.66. The minimum atomic E-state index is -0.952. The molecule has 0 radical (unpaired) electrons. The van der Waals surface area contributed by atoms with Crippen molar-refractivity contribution in [2.75, 3.05) is 18.6 Å². The normalized spacial score (nSPS) is 15.5. The minimum Gasteiger partial charge on any atom is -0.493 e. The largest absolute Gasteiger partial charge is 0.493 e. The maximum atomic E-state index is 13.6. The van der Waals surface area contributed by atoms with E-state index >= 15 is 0 Å². The summed E-state index contributed by atoms with van der Waals surface area (Å²) in [6, 6.07) is 7.25. The zero-order chi connectivity index (χ0) is 21.1. The third kappa shape index (κ3) is 4.14. The molecule has 1 aliphatic heterocycles. The van der Waals surface area contributed by atoms with E-state index in [1.54, 1.807) is 19.1 Å². The van der Waals surface area contributed by atoms with Gasteiger partial charge in [0.25, 0.3) is 11.8 Å². The number of imide groups is 2. The number of carbonyl (C=O) groups excluding carboxylic acids is 3. The minimum absolute atomic E-state index is 0.00898. The molecule has 9 heteroatoms. The van der Waals surface area contributed by atoms with Crippen LogP contribution in [0, 0.1) is 5.82 Å². The van der Waals surface area contributed by atoms with E-state index in [4.69, 9.17) is 9.47 Å². The molecule has 29 heavy (non-hydrogen) atoms. The number of anilines is 1. The molecular weight excluding hydrogens is 447 g/mol. The molecule has 1 N–H and O–H groups in total. The van der Waals surface area contributed by atoms with E-state index < -0.39 is 23.7 Å². The van der Waals surface area contributed by atoms with Crippen LogP contribution in [0.15, 0.2) is 46.4 Å². The lowest BCUT2D eigenvalue weighted by Crippen LogP contribution is -2.54. The van der Waals surface area contributed by atoms with Crippen molar-refractivity contribution in [1.82, 2.24) is 5.32 Å². The van der Waals surface area contributed by atoms with Crippen molar-refractivity contribution in [3.63, 3.8) is 0 Å².